The molecule has 7 heteroatoms. The molecule has 0 amide bonds. The molecule has 0 N–H and O–H groups in total. The van der Waals surface area contributed by atoms with Gasteiger partial charge < -0.3 is 4.74 Å². The number of aromatic nitrogens is 2. The first-order valence-electron chi connectivity index (χ1n) is 3.01. The van der Waals surface area contributed by atoms with Crippen molar-refractivity contribution >= 4 is 10.2 Å². The molecule has 0 aliphatic rings. The number of hydrogen-bond donors (Lipinski definition) is 0. The molecule has 0 radical (unpaired) electrons. The van der Waals surface area contributed by atoms with Gasteiger partial charge in [-0.3, -0.25) is 0 Å². The lowest BCUT2D eigenvalue weighted by Gasteiger charge is -2.00. The number of halogens is 1. The van der Waals surface area contributed by atoms with Gasteiger partial charge in [0.15, 0.2) is 5.03 Å². The zero-order valence-electron chi connectivity index (χ0n) is 6.27. The molecule has 0 aliphatic heterocycles. The van der Waals surface area contributed by atoms with Crippen molar-refractivity contribution in [1.82, 2.24) is 9.78 Å². The molecular formula is C5H7FN2O3S. The second-order valence-corrected chi connectivity index (χ2v) is 3.32. The highest BCUT2D eigenvalue weighted by molar-refractivity contribution is 7.86. The Bertz CT molecular complexity index is 359. The summed E-state index contributed by atoms with van der Waals surface area (Å²) in [5.41, 5.74) is 0. The van der Waals surface area contributed by atoms with Gasteiger partial charge in [-0.25, -0.2) is 4.68 Å². The minimum Gasteiger partial charge on any atom is -0.362 e. The van der Waals surface area contributed by atoms with Crippen molar-refractivity contribution < 1.29 is 17.0 Å². The van der Waals surface area contributed by atoms with Gasteiger partial charge in [0.05, 0.1) is 6.20 Å². The van der Waals surface area contributed by atoms with Crippen LogP contribution in [0.25, 0.3) is 0 Å². The van der Waals surface area contributed by atoms with E-state index in [1.165, 1.54) is 13.3 Å². The number of nitrogens with zero attached hydrogens (tertiary/aromatic N) is 2. The third-order valence-electron chi connectivity index (χ3n) is 1.18. The van der Waals surface area contributed by atoms with Gasteiger partial charge >= 0.3 is 10.2 Å². The number of hydrogen-bond acceptors (Lipinski definition) is 4. The minimum absolute atomic E-state index is 0.0918. The Labute approximate surface area is 69.0 Å². The van der Waals surface area contributed by atoms with Gasteiger partial charge in [0.25, 0.3) is 0 Å². The van der Waals surface area contributed by atoms with E-state index in [0.717, 1.165) is 10.7 Å². The summed E-state index contributed by atoms with van der Waals surface area (Å²) < 4.78 is 38.7. The maximum absolute atomic E-state index is 12.4. The molecule has 5 nitrogen and oxygen atoms in total. The molecule has 0 saturated heterocycles. The predicted octanol–water partition coefficient (Wildman–Crippen LogP) is 0.145. The van der Waals surface area contributed by atoms with Gasteiger partial charge in [-0.1, -0.05) is 3.89 Å². The first-order valence-corrected chi connectivity index (χ1v) is 4.39. The summed E-state index contributed by atoms with van der Waals surface area (Å²) >= 11 is 0. The van der Waals surface area contributed by atoms with Crippen LogP contribution in [-0.2, 0) is 21.7 Å². The Morgan fingerprint density at radius 1 is 1.75 bits per heavy atom. The Morgan fingerprint density at radius 2 is 2.42 bits per heavy atom. The second-order valence-electron chi connectivity index (χ2n) is 2.02. The fourth-order valence-corrected chi connectivity index (χ4v) is 1.32. The summed E-state index contributed by atoms with van der Waals surface area (Å²) in [5.74, 6) is 0. The molecule has 0 bridgehead atoms. The van der Waals surface area contributed by atoms with Crippen LogP contribution in [-0.4, -0.2) is 25.3 Å². The second kappa shape index (κ2) is 3.20. The Balaban J connectivity index is 3.08. The molecule has 1 heterocycles. The summed E-state index contributed by atoms with van der Waals surface area (Å²) in [6, 6.07) is 1.06. The molecule has 12 heavy (non-hydrogen) atoms. The van der Waals surface area contributed by atoms with Crippen LogP contribution in [0, 0.1) is 0 Å². The van der Waals surface area contributed by atoms with Crippen LogP contribution in [0.3, 0.4) is 0 Å². The molecule has 0 aliphatic carbocycles. The molecule has 68 valence electrons. The van der Waals surface area contributed by atoms with Crippen LogP contribution in [0.15, 0.2) is 17.3 Å². The van der Waals surface area contributed by atoms with E-state index < -0.39 is 15.2 Å². The van der Waals surface area contributed by atoms with E-state index in [1.54, 1.807) is 0 Å². The van der Waals surface area contributed by atoms with E-state index >= 15 is 0 Å². The van der Waals surface area contributed by atoms with Gasteiger partial charge in [-0.2, -0.15) is 13.5 Å². The van der Waals surface area contributed by atoms with Crippen molar-refractivity contribution in [2.24, 2.45) is 0 Å². The first-order chi connectivity index (χ1) is 5.55. The standard InChI is InChI=1S/C5H7FN2O3S/c1-11-4-8-5(2-3-7-8)12(6,9)10/h2-3H,4H2,1H3. The normalized spacial score (nSPS) is 11.8. The van der Waals surface area contributed by atoms with E-state index in [4.69, 9.17) is 0 Å². The van der Waals surface area contributed by atoms with Crippen LogP contribution in [0.4, 0.5) is 3.89 Å². The van der Waals surface area contributed by atoms with Crippen molar-refractivity contribution in [2.45, 2.75) is 11.8 Å². The third kappa shape index (κ3) is 1.80. The average Bonchev–Trinajstić information content (AvgIpc) is 2.34. The summed E-state index contributed by atoms with van der Waals surface area (Å²) in [6.07, 6.45) is 1.19. The maximum Gasteiger partial charge on any atom is 0.349 e. The maximum atomic E-state index is 12.4. The van der Waals surface area contributed by atoms with Crippen LogP contribution in [0.1, 0.15) is 0 Å². The Hall–Kier alpha value is -0.950. The first kappa shape index (κ1) is 9.14. The van der Waals surface area contributed by atoms with E-state index in [1.807, 2.05) is 0 Å². The van der Waals surface area contributed by atoms with Crippen LogP contribution in [0.5, 0.6) is 0 Å². The number of methoxy groups -OCH3 is 1. The lowest BCUT2D eigenvalue weighted by atomic mass is 10.7. The fourth-order valence-electron chi connectivity index (χ4n) is 0.747. The molecule has 0 unspecified atom stereocenters. The number of rotatable bonds is 3. The van der Waals surface area contributed by atoms with Crippen molar-refractivity contribution in [1.29, 1.82) is 0 Å². The zero-order chi connectivity index (χ0) is 9.19. The average molecular weight is 194 g/mol. The lowest BCUT2D eigenvalue weighted by molar-refractivity contribution is 0.112. The SMILES string of the molecule is COCn1nccc1S(=O)(=O)F. The zero-order valence-corrected chi connectivity index (χ0v) is 7.08. The molecule has 0 fully saturated rings. The predicted molar refractivity (Wildman–Crippen MR) is 37.5 cm³/mol. The molecule has 0 spiro atoms. The Kier molecular flexibility index (Phi) is 2.43. The quantitative estimate of drug-likeness (QED) is 0.642. The van der Waals surface area contributed by atoms with Crippen molar-refractivity contribution in [2.75, 3.05) is 7.11 Å². The van der Waals surface area contributed by atoms with Crippen molar-refractivity contribution in [3.05, 3.63) is 12.3 Å². The van der Waals surface area contributed by atoms with Crippen LogP contribution >= 0.6 is 0 Å². The van der Waals surface area contributed by atoms with Crippen molar-refractivity contribution in [3.63, 3.8) is 0 Å². The van der Waals surface area contributed by atoms with Gasteiger partial charge in [0, 0.05) is 7.11 Å². The Morgan fingerprint density at radius 3 is 2.92 bits per heavy atom. The minimum atomic E-state index is -4.69. The summed E-state index contributed by atoms with van der Waals surface area (Å²) in [5, 5.41) is 3.05. The largest absolute Gasteiger partial charge is 0.362 e. The highest BCUT2D eigenvalue weighted by Crippen LogP contribution is 2.10. The van der Waals surface area contributed by atoms with E-state index in [9.17, 15) is 12.3 Å². The molecular weight excluding hydrogens is 187 g/mol. The van der Waals surface area contributed by atoms with Crippen molar-refractivity contribution in [3.8, 4) is 0 Å². The fraction of sp³-hybridized carbons (Fsp3) is 0.400. The third-order valence-corrected chi connectivity index (χ3v) is 2.03. The van der Waals surface area contributed by atoms with E-state index in [2.05, 4.69) is 9.84 Å². The van der Waals surface area contributed by atoms with Gasteiger partial charge in [0.1, 0.15) is 6.73 Å². The summed E-state index contributed by atoms with van der Waals surface area (Å²) in [7, 11) is -3.33. The highest BCUT2D eigenvalue weighted by Gasteiger charge is 2.17. The summed E-state index contributed by atoms with van der Waals surface area (Å²) in [4.78, 5) is 0. The molecule has 1 aromatic rings. The van der Waals surface area contributed by atoms with Crippen LogP contribution in [0.2, 0.25) is 0 Å². The van der Waals surface area contributed by atoms with Gasteiger partial charge in [-0.15, -0.1) is 0 Å². The molecule has 1 rings (SSSR count). The van der Waals surface area contributed by atoms with E-state index in [-0.39, 0.29) is 6.73 Å². The van der Waals surface area contributed by atoms with Crippen LogP contribution < -0.4 is 0 Å². The molecule has 0 aromatic carbocycles. The van der Waals surface area contributed by atoms with Gasteiger partial charge in [0.2, 0.25) is 0 Å². The monoisotopic (exact) mass is 194 g/mol. The van der Waals surface area contributed by atoms with Gasteiger partial charge in [-0.05, 0) is 6.07 Å². The smallest absolute Gasteiger partial charge is 0.349 e. The molecule has 0 saturated carbocycles. The lowest BCUT2D eigenvalue weighted by Crippen LogP contribution is -2.08. The summed E-state index contributed by atoms with van der Waals surface area (Å²) in [6.45, 7) is -0.0918. The molecule has 0 atom stereocenters. The number of ether oxygens (including phenoxy) is 1. The van der Waals surface area contributed by atoms with E-state index in [0.29, 0.717) is 0 Å². The molecule has 1 aromatic heterocycles. The topological polar surface area (TPSA) is 61.2 Å². The highest BCUT2D eigenvalue weighted by atomic mass is 32.3.